The number of piperidine rings is 1. The van der Waals surface area contributed by atoms with Crippen molar-refractivity contribution in [3.05, 3.63) is 23.8 Å². The molecular formula is C17H28N2O2. The highest BCUT2D eigenvalue weighted by molar-refractivity contribution is 5.43. The molecular weight excluding hydrogens is 264 g/mol. The number of nitrogens with zero attached hydrogens (tertiary/aromatic N) is 1. The van der Waals surface area contributed by atoms with Crippen molar-refractivity contribution in [2.45, 2.75) is 51.2 Å². The summed E-state index contributed by atoms with van der Waals surface area (Å²) in [5, 5.41) is 0. The van der Waals surface area contributed by atoms with Crippen LogP contribution in [0.1, 0.15) is 44.7 Å². The Morgan fingerprint density at radius 2 is 1.86 bits per heavy atom. The molecule has 0 saturated carbocycles. The van der Waals surface area contributed by atoms with Crippen molar-refractivity contribution in [2.24, 2.45) is 5.73 Å². The Bertz CT molecular complexity index is 462. The maximum atomic E-state index is 6.19. The van der Waals surface area contributed by atoms with Gasteiger partial charge in [0, 0.05) is 18.1 Å². The number of methoxy groups -OCH3 is 2. The van der Waals surface area contributed by atoms with Gasteiger partial charge in [0.2, 0.25) is 0 Å². The highest BCUT2D eigenvalue weighted by Gasteiger charge is 2.29. The summed E-state index contributed by atoms with van der Waals surface area (Å²) in [5.74, 6) is 1.56. The predicted octanol–water partition coefficient (Wildman–Crippen LogP) is 2.97. The lowest BCUT2D eigenvalue weighted by Gasteiger charge is -2.42. The zero-order chi connectivity index (χ0) is 15.4. The molecule has 4 heteroatoms. The first-order valence-corrected chi connectivity index (χ1v) is 7.81. The van der Waals surface area contributed by atoms with Gasteiger partial charge in [-0.3, -0.25) is 4.90 Å². The molecule has 0 aliphatic carbocycles. The molecule has 3 unspecified atom stereocenters. The molecule has 118 valence electrons. The molecule has 1 aromatic rings. The number of benzene rings is 1. The third-order valence-electron chi connectivity index (χ3n) is 4.59. The summed E-state index contributed by atoms with van der Waals surface area (Å²) < 4.78 is 10.7. The summed E-state index contributed by atoms with van der Waals surface area (Å²) in [6, 6.07) is 7.18. The van der Waals surface area contributed by atoms with E-state index in [0.717, 1.165) is 18.0 Å². The van der Waals surface area contributed by atoms with Gasteiger partial charge in [0.05, 0.1) is 14.2 Å². The normalized spacial score (nSPS) is 22.6. The molecule has 0 radical (unpaired) electrons. The van der Waals surface area contributed by atoms with E-state index in [4.69, 9.17) is 15.2 Å². The van der Waals surface area contributed by atoms with Gasteiger partial charge >= 0.3 is 0 Å². The first kappa shape index (κ1) is 16.1. The number of hydrogen-bond donors (Lipinski definition) is 1. The van der Waals surface area contributed by atoms with Gasteiger partial charge in [0.1, 0.15) is 0 Å². The third kappa shape index (κ3) is 3.50. The molecule has 1 fully saturated rings. The smallest absolute Gasteiger partial charge is 0.161 e. The molecule has 2 N–H and O–H groups in total. The van der Waals surface area contributed by atoms with Gasteiger partial charge in [-0.05, 0) is 50.9 Å². The fourth-order valence-corrected chi connectivity index (χ4v) is 3.33. The van der Waals surface area contributed by atoms with Gasteiger partial charge < -0.3 is 15.2 Å². The maximum absolute atomic E-state index is 6.19. The second-order valence-corrected chi connectivity index (χ2v) is 5.95. The van der Waals surface area contributed by atoms with E-state index in [0.29, 0.717) is 12.1 Å². The summed E-state index contributed by atoms with van der Waals surface area (Å²) in [5.41, 5.74) is 7.44. The molecule has 1 saturated heterocycles. The second kappa shape index (κ2) is 7.14. The monoisotopic (exact) mass is 292 g/mol. The van der Waals surface area contributed by atoms with Crippen LogP contribution in [0.3, 0.4) is 0 Å². The lowest BCUT2D eigenvalue weighted by atomic mass is 9.93. The second-order valence-electron chi connectivity index (χ2n) is 5.95. The van der Waals surface area contributed by atoms with Crippen molar-refractivity contribution >= 4 is 0 Å². The fourth-order valence-electron chi connectivity index (χ4n) is 3.33. The molecule has 0 amide bonds. The first-order valence-electron chi connectivity index (χ1n) is 7.81. The third-order valence-corrected chi connectivity index (χ3v) is 4.59. The van der Waals surface area contributed by atoms with Crippen LogP contribution in [0.2, 0.25) is 0 Å². The Kier molecular flexibility index (Phi) is 5.48. The van der Waals surface area contributed by atoms with Crippen LogP contribution < -0.4 is 15.2 Å². The highest BCUT2D eigenvalue weighted by Crippen LogP contribution is 2.34. The SMILES string of the molecule is COc1ccc(C(C)N2CCCCC2C(C)N)cc1OC. The molecule has 0 bridgehead atoms. The summed E-state index contributed by atoms with van der Waals surface area (Å²) >= 11 is 0. The van der Waals surface area contributed by atoms with Crippen LogP contribution >= 0.6 is 0 Å². The van der Waals surface area contributed by atoms with Crippen LogP contribution in [0.4, 0.5) is 0 Å². The number of nitrogens with two attached hydrogens (primary N) is 1. The summed E-state index contributed by atoms with van der Waals surface area (Å²) in [4.78, 5) is 2.54. The summed E-state index contributed by atoms with van der Waals surface area (Å²) in [7, 11) is 3.34. The van der Waals surface area contributed by atoms with Crippen molar-refractivity contribution < 1.29 is 9.47 Å². The molecule has 1 aliphatic rings. The Morgan fingerprint density at radius 3 is 2.48 bits per heavy atom. The highest BCUT2D eigenvalue weighted by atomic mass is 16.5. The van der Waals surface area contributed by atoms with E-state index in [9.17, 15) is 0 Å². The lowest BCUT2D eigenvalue weighted by molar-refractivity contribution is 0.0889. The quantitative estimate of drug-likeness (QED) is 0.906. The van der Waals surface area contributed by atoms with Gasteiger partial charge in [-0.25, -0.2) is 0 Å². The topological polar surface area (TPSA) is 47.7 Å². The maximum Gasteiger partial charge on any atom is 0.161 e. The van der Waals surface area contributed by atoms with Gasteiger partial charge in [-0.1, -0.05) is 12.5 Å². The van der Waals surface area contributed by atoms with Crippen LogP contribution in [-0.2, 0) is 0 Å². The average Bonchev–Trinajstić information content (AvgIpc) is 2.53. The number of ether oxygens (including phenoxy) is 2. The van der Waals surface area contributed by atoms with Crippen molar-refractivity contribution in [3.63, 3.8) is 0 Å². The van der Waals surface area contributed by atoms with Crippen molar-refractivity contribution in [1.82, 2.24) is 4.90 Å². The number of hydrogen-bond acceptors (Lipinski definition) is 4. The van der Waals surface area contributed by atoms with Crippen LogP contribution in [0.15, 0.2) is 18.2 Å². The molecule has 0 aromatic heterocycles. The largest absolute Gasteiger partial charge is 0.493 e. The summed E-state index contributed by atoms with van der Waals surface area (Å²) in [6.45, 7) is 5.48. The van der Waals surface area contributed by atoms with E-state index < -0.39 is 0 Å². The van der Waals surface area contributed by atoms with Gasteiger partial charge in [-0.2, -0.15) is 0 Å². The van der Waals surface area contributed by atoms with Crippen LogP contribution in [0.5, 0.6) is 11.5 Å². The predicted molar refractivity (Wildman–Crippen MR) is 86.0 cm³/mol. The van der Waals surface area contributed by atoms with E-state index in [-0.39, 0.29) is 6.04 Å². The molecule has 1 heterocycles. The van der Waals surface area contributed by atoms with E-state index in [2.05, 4.69) is 30.9 Å². The van der Waals surface area contributed by atoms with E-state index >= 15 is 0 Å². The van der Waals surface area contributed by atoms with Crippen molar-refractivity contribution in [3.8, 4) is 11.5 Å². The molecule has 1 aromatic carbocycles. The van der Waals surface area contributed by atoms with Gasteiger partial charge in [0.15, 0.2) is 11.5 Å². The lowest BCUT2D eigenvalue weighted by Crippen LogP contribution is -2.49. The van der Waals surface area contributed by atoms with Crippen molar-refractivity contribution in [1.29, 1.82) is 0 Å². The van der Waals surface area contributed by atoms with Crippen LogP contribution in [-0.4, -0.2) is 37.7 Å². The van der Waals surface area contributed by atoms with Gasteiger partial charge in [0.25, 0.3) is 0 Å². The standard InChI is InChI=1S/C17H28N2O2/c1-12(18)15-7-5-6-10-19(15)13(2)14-8-9-16(20-3)17(11-14)21-4/h8-9,11-13,15H,5-7,10,18H2,1-4H3. The van der Waals surface area contributed by atoms with Gasteiger partial charge in [-0.15, -0.1) is 0 Å². The average molecular weight is 292 g/mol. The Balaban J connectivity index is 2.23. The Morgan fingerprint density at radius 1 is 1.14 bits per heavy atom. The minimum Gasteiger partial charge on any atom is -0.493 e. The number of likely N-dealkylation sites (tertiary alicyclic amines) is 1. The Hall–Kier alpha value is -1.26. The van der Waals surface area contributed by atoms with E-state index in [1.807, 2.05) is 6.07 Å². The van der Waals surface area contributed by atoms with E-state index in [1.54, 1.807) is 14.2 Å². The fraction of sp³-hybridized carbons (Fsp3) is 0.647. The molecule has 3 atom stereocenters. The molecule has 21 heavy (non-hydrogen) atoms. The Labute approximate surface area is 128 Å². The van der Waals surface area contributed by atoms with E-state index in [1.165, 1.54) is 24.8 Å². The molecule has 1 aliphatic heterocycles. The first-order chi connectivity index (χ1) is 10.1. The molecule has 0 spiro atoms. The summed E-state index contributed by atoms with van der Waals surface area (Å²) in [6.07, 6.45) is 3.72. The zero-order valence-electron chi connectivity index (χ0n) is 13.6. The minimum absolute atomic E-state index is 0.202. The number of rotatable bonds is 5. The molecule has 4 nitrogen and oxygen atoms in total. The van der Waals surface area contributed by atoms with Crippen LogP contribution in [0.25, 0.3) is 0 Å². The minimum atomic E-state index is 0.202. The van der Waals surface area contributed by atoms with Crippen LogP contribution in [0, 0.1) is 0 Å². The van der Waals surface area contributed by atoms with Crippen molar-refractivity contribution in [2.75, 3.05) is 20.8 Å². The molecule has 2 rings (SSSR count). The zero-order valence-corrected chi connectivity index (χ0v) is 13.6.